The Hall–Kier alpha value is -2.89. The zero-order valence-corrected chi connectivity index (χ0v) is 17.7. The van der Waals surface area contributed by atoms with Crippen LogP contribution in [0.3, 0.4) is 0 Å². The van der Waals surface area contributed by atoms with Gasteiger partial charge in [0.05, 0.1) is 17.9 Å². The monoisotopic (exact) mass is 478 g/mol. The van der Waals surface area contributed by atoms with Crippen molar-refractivity contribution in [2.75, 3.05) is 11.0 Å². The number of carbonyl (C=O) groups is 1. The van der Waals surface area contributed by atoms with Crippen molar-refractivity contribution in [1.29, 1.82) is 0 Å². The number of rotatable bonds is 5. The number of aryl methyl sites for hydroxylation is 1. The molecule has 1 aliphatic rings. The van der Waals surface area contributed by atoms with Gasteiger partial charge in [0.2, 0.25) is 10.0 Å². The third-order valence-corrected chi connectivity index (χ3v) is 5.41. The molecule has 0 spiro atoms. The molecule has 1 aliphatic heterocycles. The Balaban J connectivity index is 1.70. The van der Waals surface area contributed by atoms with E-state index < -0.39 is 57.1 Å². The molecular weight excluding hydrogens is 459 g/mol. The van der Waals surface area contributed by atoms with Gasteiger partial charge >= 0.3 is 6.18 Å². The van der Waals surface area contributed by atoms with Crippen molar-refractivity contribution in [1.82, 2.24) is 5.32 Å². The third-order valence-electron chi connectivity index (χ3n) is 4.84. The van der Waals surface area contributed by atoms with Gasteiger partial charge in [-0.2, -0.15) is 13.2 Å². The lowest BCUT2D eigenvalue weighted by molar-refractivity contribution is -0.138. The van der Waals surface area contributed by atoms with Crippen LogP contribution in [0, 0.1) is 11.6 Å². The predicted octanol–water partition coefficient (Wildman–Crippen LogP) is 3.93. The minimum atomic E-state index is -4.49. The van der Waals surface area contributed by atoms with Crippen LogP contribution < -0.4 is 14.8 Å². The molecule has 2 aromatic carbocycles. The molecule has 12 heteroatoms. The standard InChI is InChI=1S/C20H19F5N2O4S/c1-10(12-8-14(21)18(15(22)9-12)27-32(2,29)30)26-19(28)17-5-3-11-7-13(20(23,24)25)4-6-16(11)31-17/h4,6-10,17,27H,3,5H2,1-2H3,(H,26,28)/t10-,17?/m1/s1. The zero-order valence-electron chi connectivity index (χ0n) is 16.9. The van der Waals surface area contributed by atoms with Crippen molar-refractivity contribution in [3.05, 3.63) is 58.7 Å². The second kappa shape index (κ2) is 8.57. The van der Waals surface area contributed by atoms with E-state index >= 15 is 0 Å². The van der Waals surface area contributed by atoms with E-state index in [0.717, 1.165) is 36.6 Å². The van der Waals surface area contributed by atoms with E-state index in [1.807, 2.05) is 0 Å². The molecule has 0 fully saturated rings. The fourth-order valence-electron chi connectivity index (χ4n) is 3.26. The largest absolute Gasteiger partial charge is 0.480 e. The quantitative estimate of drug-likeness (QED) is 0.638. The maximum atomic E-state index is 14.2. The van der Waals surface area contributed by atoms with E-state index in [1.54, 1.807) is 4.72 Å². The van der Waals surface area contributed by atoms with Crippen molar-refractivity contribution >= 4 is 21.6 Å². The number of nitrogens with one attached hydrogen (secondary N) is 2. The number of hydrogen-bond donors (Lipinski definition) is 2. The SMILES string of the molecule is C[C@@H](NC(=O)C1CCc2cc(C(F)(F)F)ccc2O1)c1cc(F)c(NS(C)(=O)=O)c(F)c1. The maximum Gasteiger partial charge on any atom is 0.416 e. The summed E-state index contributed by atoms with van der Waals surface area (Å²) in [6.07, 6.45) is -4.44. The number of benzene rings is 2. The van der Waals surface area contributed by atoms with Gasteiger partial charge in [0.15, 0.2) is 17.7 Å². The Kier molecular flexibility index (Phi) is 6.36. The Morgan fingerprint density at radius 1 is 1.16 bits per heavy atom. The topological polar surface area (TPSA) is 84.5 Å². The minimum Gasteiger partial charge on any atom is -0.480 e. The van der Waals surface area contributed by atoms with Gasteiger partial charge in [0.25, 0.3) is 5.91 Å². The summed E-state index contributed by atoms with van der Waals surface area (Å²) in [4.78, 5) is 12.5. The highest BCUT2D eigenvalue weighted by Gasteiger charge is 2.33. The van der Waals surface area contributed by atoms with E-state index in [-0.39, 0.29) is 24.2 Å². The van der Waals surface area contributed by atoms with Crippen LogP contribution in [0.1, 0.15) is 36.1 Å². The van der Waals surface area contributed by atoms with E-state index in [2.05, 4.69) is 5.32 Å². The predicted molar refractivity (Wildman–Crippen MR) is 106 cm³/mol. The highest BCUT2D eigenvalue weighted by Crippen LogP contribution is 2.35. The van der Waals surface area contributed by atoms with Crippen LogP contribution in [0.2, 0.25) is 0 Å². The highest BCUT2D eigenvalue weighted by molar-refractivity contribution is 7.92. The normalized spacial score (nSPS) is 17.2. The average Bonchev–Trinajstić information content (AvgIpc) is 2.68. The van der Waals surface area contributed by atoms with E-state index in [9.17, 15) is 35.2 Å². The molecule has 0 bridgehead atoms. The van der Waals surface area contributed by atoms with Gasteiger partial charge in [0.1, 0.15) is 11.4 Å². The van der Waals surface area contributed by atoms with Gasteiger partial charge in [-0.25, -0.2) is 17.2 Å². The van der Waals surface area contributed by atoms with Crippen molar-refractivity contribution in [2.24, 2.45) is 0 Å². The third kappa shape index (κ3) is 5.47. The smallest absolute Gasteiger partial charge is 0.416 e. The van der Waals surface area contributed by atoms with E-state index in [1.165, 1.54) is 6.92 Å². The van der Waals surface area contributed by atoms with Crippen molar-refractivity contribution in [3.63, 3.8) is 0 Å². The molecule has 0 saturated heterocycles. The van der Waals surface area contributed by atoms with Gasteiger partial charge in [-0.3, -0.25) is 9.52 Å². The summed E-state index contributed by atoms with van der Waals surface area (Å²) in [5.74, 6) is -2.77. The molecule has 0 saturated carbocycles. The number of carbonyl (C=O) groups excluding carboxylic acids is 1. The minimum absolute atomic E-state index is 0.0402. The molecule has 2 N–H and O–H groups in total. The zero-order chi connectivity index (χ0) is 23.8. The highest BCUT2D eigenvalue weighted by atomic mass is 32.2. The Labute approximate surface area is 180 Å². The van der Waals surface area contributed by atoms with Gasteiger partial charge in [-0.05, 0) is 61.2 Å². The lowest BCUT2D eigenvalue weighted by Gasteiger charge is -2.27. The Morgan fingerprint density at radius 3 is 2.34 bits per heavy atom. The molecule has 2 aromatic rings. The fourth-order valence-corrected chi connectivity index (χ4v) is 3.83. The lowest BCUT2D eigenvalue weighted by atomic mass is 9.99. The van der Waals surface area contributed by atoms with Crippen LogP contribution in [0.4, 0.5) is 27.6 Å². The van der Waals surface area contributed by atoms with Crippen LogP contribution in [-0.2, 0) is 27.4 Å². The van der Waals surface area contributed by atoms with Crippen LogP contribution in [0.15, 0.2) is 30.3 Å². The molecule has 0 aromatic heterocycles. The molecular formula is C20H19F5N2O4S. The van der Waals surface area contributed by atoms with Gasteiger partial charge in [-0.15, -0.1) is 0 Å². The number of halogens is 5. The summed E-state index contributed by atoms with van der Waals surface area (Å²) in [5.41, 5.74) is -1.28. The molecule has 1 amide bonds. The van der Waals surface area contributed by atoms with Crippen LogP contribution in [0.5, 0.6) is 5.75 Å². The summed E-state index contributed by atoms with van der Waals surface area (Å²) < 4.78 is 96.6. The molecule has 3 rings (SSSR count). The molecule has 1 unspecified atom stereocenters. The van der Waals surface area contributed by atoms with Crippen LogP contribution in [-0.4, -0.2) is 26.7 Å². The van der Waals surface area contributed by atoms with Gasteiger partial charge in [-0.1, -0.05) is 0 Å². The van der Waals surface area contributed by atoms with E-state index in [0.29, 0.717) is 5.56 Å². The van der Waals surface area contributed by atoms with Crippen molar-refractivity contribution in [2.45, 2.75) is 38.1 Å². The van der Waals surface area contributed by atoms with E-state index in [4.69, 9.17) is 4.74 Å². The molecule has 0 aliphatic carbocycles. The number of fused-ring (bicyclic) bond motifs is 1. The first-order chi connectivity index (χ1) is 14.7. The van der Waals surface area contributed by atoms with Gasteiger partial charge in [0, 0.05) is 0 Å². The Morgan fingerprint density at radius 2 is 1.78 bits per heavy atom. The molecule has 0 radical (unpaired) electrons. The first-order valence-electron chi connectivity index (χ1n) is 9.38. The number of sulfonamides is 1. The lowest BCUT2D eigenvalue weighted by Crippen LogP contribution is -2.41. The summed E-state index contributed by atoms with van der Waals surface area (Å²) in [5, 5.41) is 2.54. The number of ether oxygens (including phenoxy) is 1. The number of amides is 1. The second-order valence-corrected chi connectivity index (χ2v) is 9.18. The Bertz CT molecular complexity index is 1130. The summed E-state index contributed by atoms with van der Waals surface area (Å²) >= 11 is 0. The fraction of sp³-hybridized carbons (Fsp3) is 0.350. The number of anilines is 1. The average molecular weight is 478 g/mol. The summed E-state index contributed by atoms with van der Waals surface area (Å²) in [6.45, 7) is 1.46. The van der Waals surface area contributed by atoms with Crippen molar-refractivity contribution in [3.8, 4) is 5.75 Å². The molecule has 6 nitrogen and oxygen atoms in total. The first-order valence-corrected chi connectivity index (χ1v) is 11.3. The first kappa shape index (κ1) is 23.8. The summed E-state index contributed by atoms with van der Waals surface area (Å²) in [7, 11) is -3.90. The molecule has 174 valence electrons. The van der Waals surface area contributed by atoms with Gasteiger partial charge < -0.3 is 10.1 Å². The number of alkyl halides is 3. The van der Waals surface area contributed by atoms with Crippen LogP contribution in [0.25, 0.3) is 0 Å². The molecule has 1 heterocycles. The van der Waals surface area contributed by atoms with Crippen LogP contribution >= 0.6 is 0 Å². The maximum absolute atomic E-state index is 14.2. The molecule has 32 heavy (non-hydrogen) atoms. The second-order valence-electron chi connectivity index (χ2n) is 7.43. The van der Waals surface area contributed by atoms with Crippen molar-refractivity contribution < 1.29 is 39.9 Å². The molecule has 2 atom stereocenters. The summed E-state index contributed by atoms with van der Waals surface area (Å²) in [6, 6.07) is 3.90. The number of hydrogen-bond acceptors (Lipinski definition) is 4.